The van der Waals surface area contributed by atoms with Gasteiger partial charge in [-0.15, -0.1) is 11.3 Å². The Bertz CT molecular complexity index is 2160. The fourth-order valence-electron chi connectivity index (χ4n) is 5.46. The Kier molecular flexibility index (Phi) is 5.28. The molecule has 4 aromatic carbocycles. The van der Waals surface area contributed by atoms with Crippen LogP contribution in [0.1, 0.15) is 0 Å². The SMILES string of the molecule is c1ccc(-c2cccc(-n3c4ccccc4c4ccc(-c5nc6cc(-c7ccccn7)ccc6s5)cc43)c2)nc1. The first kappa shape index (κ1) is 22.8. The highest BCUT2D eigenvalue weighted by molar-refractivity contribution is 7.21. The van der Waals surface area contributed by atoms with E-state index < -0.39 is 0 Å². The number of rotatable bonds is 4. The molecule has 40 heavy (non-hydrogen) atoms. The maximum Gasteiger partial charge on any atom is 0.124 e. The number of aromatic nitrogens is 4. The van der Waals surface area contributed by atoms with Crippen molar-refractivity contribution in [2.75, 3.05) is 0 Å². The van der Waals surface area contributed by atoms with Crippen molar-refractivity contribution in [3.8, 4) is 38.8 Å². The molecule has 0 radical (unpaired) electrons. The van der Waals surface area contributed by atoms with Gasteiger partial charge in [-0.1, -0.05) is 60.7 Å². The Morgan fingerprint density at radius 3 is 2.05 bits per heavy atom. The number of hydrogen-bond donors (Lipinski definition) is 0. The maximum atomic E-state index is 5.06. The zero-order chi connectivity index (χ0) is 26.5. The van der Waals surface area contributed by atoms with Crippen LogP contribution in [0.5, 0.6) is 0 Å². The van der Waals surface area contributed by atoms with Crippen molar-refractivity contribution < 1.29 is 0 Å². The van der Waals surface area contributed by atoms with E-state index in [1.807, 2.05) is 42.7 Å². The van der Waals surface area contributed by atoms with Crippen molar-refractivity contribution in [1.29, 1.82) is 0 Å². The zero-order valence-corrected chi connectivity index (χ0v) is 22.2. The Hall–Kier alpha value is -5.13. The third-order valence-corrected chi connectivity index (χ3v) is 8.42. The van der Waals surface area contributed by atoms with Crippen molar-refractivity contribution in [2.45, 2.75) is 0 Å². The Morgan fingerprint density at radius 2 is 1.25 bits per heavy atom. The molecule has 0 aliphatic rings. The van der Waals surface area contributed by atoms with Gasteiger partial charge in [0.1, 0.15) is 5.01 Å². The minimum absolute atomic E-state index is 0.956. The highest BCUT2D eigenvalue weighted by atomic mass is 32.1. The number of pyridine rings is 2. The summed E-state index contributed by atoms with van der Waals surface area (Å²) in [6.45, 7) is 0. The number of fused-ring (bicyclic) bond motifs is 4. The standard InChI is InChI=1S/C35H22N4S/c1-2-13-32-27(10-1)28-16-14-25(35-38-31-21-24(15-17-34(31)40-35)30-12-4-6-19-37-30)22-33(28)39(32)26-9-7-8-23(20-26)29-11-3-5-18-36-29/h1-22H. The van der Waals surface area contributed by atoms with Gasteiger partial charge in [0.05, 0.1) is 32.6 Å². The van der Waals surface area contributed by atoms with Crippen molar-refractivity contribution in [3.63, 3.8) is 0 Å². The van der Waals surface area contributed by atoms with E-state index in [-0.39, 0.29) is 0 Å². The Morgan fingerprint density at radius 1 is 0.525 bits per heavy atom. The van der Waals surface area contributed by atoms with Gasteiger partial charge in [-0.2, -0.15) is 0 Å². The summed E-state index contributed by atoms with van der Waals surface area (Å²) in [7, 11) is 0. The van der Waals surface area contributed by atoms with Gasteiger partial charge in [0.2, 0.25) is 0 Å². The molecular formula is C35H22N4S. The molecule has 4 heterocycles. The fourth-order valence-corrected chi connectivity index (χ4v) is 6.41. The second kappa shape index (κ2) is 9.26. The second-order valence-corrected chi connectivity index (χ2v) is 10.8. The maximum absolute atomic E-state index is 5.06. The van der Waals surface area contributed by atoms with Gasteiger partial charge >= 0.3 is 0 Å². The minimum atomic E-state index is 0.956. The van der Waals surface area contributed by atoms with E-state index in [1.165, 1.54) is 21.0 Å². The summed E-state index contributed by atoms with van der Waals surface area (Å²) in [5, 5.41) is 3.46. The number of hydrogen-bond acceptors (Lipinski definition) is 4. The third-order valence-electron chi connectivity index (χ3n) is 7.33. The lowest BCUT2D eigenvalue weighted by Gasteiger charge is -2.10. The van der Waals surface area contributed by atoms with Crippen LogP contribution in [0.25, 0.3) is 70.8 Å². The number of para-hydroxylation sites is 1. The van der Waals surface area contributed by atoms with Crippen molar-refractivity contribution in [2.24, 2.45) is 0 Å². The molecule has 8 aromatic rings. The zero-order valence-electron chi connectivity index (χ0n) is 21.4. The summed E-state index contributed by atoms with van der Waals surface area (Å²) >= 11 is 1.72. The highest BCUT2D eigenvalue weighted by Gasteiger charge is 2.15. The summed E-state index contributed by atoms with van der Waals surface area (Å²) in [5.74, 6) is 0. The summed E-state index contributed by atoms with van der Waals surface area (Å²) in [6.07, 6.45) is 3.67. The first-order valence-corrected chi connectivity index (χ1v) is 14.0. The van der Waals surface area contributed by atoms with Crippen molar-refractivity contribution in [1.82, 2.24) is 19.5 Å². The lowest BCUT2D eigenvalue weighted by molar-refractivity contribution is 1.18. The number of nitrogens with zero attached hydrogens (tertiary/aromatic N) is 4. The molecule has 0 fully saturated rings. The lowest BCUT2D eigenvalue weighted by atomic mass is 10.1. The summed E-state index contributed by atoms with van der Waals surface area (Å²) in [5.41, 5.74) is 9.63. The topological polar surface area (TPSA) is 43.6 Å². The summed E-state index contributed by atoms with van der Waals surface area (Å²) in [6, 6.07) is 42.4. The second-order valence-electron chi connectivity index (χ2n) is 9.77. The molecule has 8 rings (SSSR count). The average Bonchev–Trinajstić information content (AvgIpc) is 3.60. The average molecular weight is 531 g/mol. The third kappa shape index (κ3) is 3.79. The molecule has 188 valence electrons. The van der Waals surface area contributed by atoms with Gasteiger partial charge in [0.15, 0.2) is 0 Å². The number of thiazole rings is 1. The molecule has 0 aliphatic heterocycles. The molecule has 0 spiro atoms. The first-order chi connectivity index (χ1) is 19.8. The van der Waals surface area contributed by atoms with Crippen molar-refractivity contribution >= 4 is 43.4 Å². The fraction of sp³-hybridized carbons (Fsp3) is 0. The Balaban J connectivity index is 1.29. The van der Waals surface area contributed by atoms with E-state index in [0.29, 0.717) is 0 Å². The van der Waals surface area contributed by atoms with E-state index in [0.717, 1.165) is 49.8 Å². The van der Waals surface area contributed by atoms with Gasteiger partial charge in [0, 0.05) is 45.5 Å². The van der Waals surface area contributed by atoms with Crippen LogP contribution in [0, 0.1) is 0 Å². The van der Waals surface area contributed by atoms with Crippen LogP contribution in [0.3, 0.4) is 0 Å². The quantitative estimate of drug-likeness (QED) is 0.228. The largest absolute Gasteiger partial charge is 0.309 e. The van der Waals surface area contributed by atoms with Gasteiger partial charge in [-0.05, 0) is 60.7 Å². The number of benzene rings is 4. The Labute approximate surface area is 234 Å². The van der Waals surface area contributed by atoms with Gasteiger partial charge in [-0.3, -0.25) is 9.97 Å². The molecule has 0 N–H and O–H groups in total. The van der Waals surface area contributed by atoms with Crippen LogP contribution in [0.4, 0.5) is 0 Å². The molecule has 0 bridgehead atoms. The first-order valence-electron chi connectivity index (χ1n) is 13.2. The van der Waals surface area contributed by atoms with Crippen LogP contribution >= 0.6 is 11.3 Å². The highest BCUT2D eigenvalue weighted by Crippen LogP contribution is 2.38. The minimum Gasteiger partial charge on any atom is -0.309 e. The molecule has 0 atom stereocenters. The lowest BCUT2D eigenvalue weighted by Crippen LogP contribution is -1.95. The van der Waals surface area contributed by atoms with Crippen LogP contribution in [0.2, 0.25) is 0 Å². The molecule has 0 amide bonds. The van der Waals surface area contributed by atoms with Crippen LogP contribution in [-0.4, -0.2) is 19.5 Å². The summed E-state index contributed by atoms with van der Waals surface area (Å²) < 4.78 is 3.52. The van der Waals surface area contributed by atoms with Crippen LogP contribution in [0.15, 0.2) is 134 Å². The van der Waals surface area contributed by atoms with Crippen LogP contribution < -0.4 is 0 Å². The van der Waals surface area contributed by atoms with Gasteiger partial charge in [-0.25, -0.2) is 4.98 Å². The predicted molar refractivity (Wildman–Crippen MR) is 166 cm³/mol. The summed E-state index contributed by atoms with van der Waals surface area (Å²) in [4.78, 5) is 14.1. The molecule has 0 unspecified atom stereocenters. The smallest absolute Gasteiger partial charge is 0.124 e. The monoisotopic (exact) mass is 530 g/mol. The van der Waals surface area contributed by atoms with E-state index >= 15 is 0 Å². The normalized spacial score (nSPS) is 11.5. The molecule has 0 saturated heterocycles. The van der Waals surface area contributed by atoms with E-state index in [2.05, 4.69) is 106 Å². The predicted octanol–water partition coefficient (Wildman–Crippen LogP) is 9.18. The van der Waals surface area contributed by atoms with E-state index in [9.17, 15) is 0 Å². The van der Waals surface area contributed by atoms with Gasteiger partial charge in [0.25, 0.3) is 0 Å². The van der Waals surface area contributed by atoms with E-state index in [1.54, 1.807) is 11.3 Å². The molecule has 4 nitrogen and oxygen atoms in total. The molecule has 0 saturated carbocycles. The van der Waals surface area contributed by atoms with Crippen molar-refractivity contribution in [3.05, 3.63) is 134 Å². The van der Waals surface area contributed by atoms with E-state index in [4.69, 9.17) is 4.98 Å². The molecule has 4 aromatic heterocycles. The van der Waals surface area contributed by atoms with Gasteiger partial charge < -0.3 is 4.57 Å². The van der Waals surface area contributed by atoms with Crippen LogP contribution in [-0.2, 0) is 0 Å². The molecule has 0 aliphatic carbocycles. The molecular weight excluding hydrogens is 508 g/mol. The molecule has 5 heteroatoms.